The molecule has 0 spiro atoms. The maximum atomic E-state index is 11.3. The van der Waals surface area contributed by atoms with Crippen LogP contribution in [0.2, 0.25) is 0 Å². The summed E-state index contributed by atoms with van der Waals surface area (Å²) >= 11 is 4.90. The fourth-order valence-electron chi connectivity index (χ4n) is 1.62. The normalized spacial score (nSPS) is 18.9. The number of carbonyl (C=O) groups is 1. The third kappa shape index (κ3) is 2.55. The van der Waals surface area contributed by atoms with Crippen LogP contribution in [0.5, 0.6) is 5.75 Å². The molecule has 0 saturated carbocycles. The van der Waals surface area contributed by atoms with E-state index in [4.69, 9.17) is 27.4 Å². The number of thiocarbonyl (C=S) groups is 1. The van der Waals surface area contributed by atoms with Crippen LogP contribution in [0.15, 0.2) is 18.2 Å². The molecule has 1 aliphatic heterocycles. The van der Waals surface area contributed by atoms with Crippen molar-refractivity contribution in [3.63, 3.8) is 0 Å². The number of aryl methyl sites for hydroxylation is 1. The van der Waals surface area contributed by atoms with Gasteiger partial charge in [0, 0.05) is 12.0 Å². The van der Waals surface area contributed by atoms with Crippen LogP contribution in [-0.4, -0.2) is 23.7 Å². The molecule has 0 aliphatic carbocycles. The molecule has 1 heterocycles. The van der Waals surface area contributed by atoms with Gasteiger partial charge in [0.25, 0.3) is 0 Å². The van der Waals surface area contributed by atoms with Crippen LogP contribution in [0.25, 0.3) is 0 Å². The molecule has 0 amide bonds. The van der Waals surface area contributed by atoms with Gasteiger partial charge < -0.3 is 15.2 Å². The lowest BCUT2D eigenvalue weighted by Gasteiger charge is -2.13. The standard InChI is InChI=1S/C12H13NO3S/c1-7-2-3-8(11(13)17)6-10(7)16-9-4-5-15-12(9)14/h2-3,6,9H,4-5H2,1H3,(H2,13,17). The second-order valence-corrected chi connectivity index (χ2v) is 4.35. The maximum Gasteiger partial charge on any atom is 0.347 e. The second-order valence-electron chi connectivity index (χ2n) is 3.91. The molecular weight excluding hydrogens is 238 g/mol. The molecular formula is C12H13NO3S. The summed E-state index contributed by atoms with van der Waals surface area (Å²) in [5.74, 6) is 0.310. The first-order valence-corrected chi connectivity index (χ1v) is 5.72. The molecule has 17 heavy (non-hydrogen) atoms. The third-order valence-electron chi connectivity index (χ3n) is 2.63. The Bertz CT molecular complexity index is 473. The van der Waals surface area contributed by atoms with Crippen LogP contribution >= 0.6 is 12.2 Å². The largest absolute Gasteiger partial charge is 0.478 e. The molecule has 1 unspecified atom stereocenters. The van der Waals surface area contributed by atoms with Gasteiger partial charge in [-0.25, -0.2) is 4.79 Å². The number of cyclic esters (lactones) is 1. The molecule has 5 heteroatoms. The average molecular weight is 251 g/mol. The first kappa shape index (κ1) is 11.9. The van der Waals surface area contributed by atoms with Crippen LogP contribution in [0.4, 0.5) is 0 Å². The summed E-state index contributed by atoms with van der Waals surface area (Å²) in [5.41, 5.74) is 7.22. The molecule has 2 N–H and O–H groups in total. The average Bonchev–Trinajstić information content (AvgIpc) is 2.67. The van der Waals surface area contributed by atoms with E-state index >= 15 is 0 Å². The van der Waals surface area contributed by atoms with Crippen molar-refractivity contribution >= 4 is 23.2 Å². The van der Waals surface area contributed by atoms with Gasteiger partial charge in [0.05, 0.1) is 6.61 Å². The van der Waals surface area contributed by atoms with Gasteiger partial charge in [-0.15, -0.1) is 0 Å². The number of benzene rings is 1. The number of nitrogens with two attached hydrogens (primary N) is 1. The summed E-state index contributed by atoms with van der Waals surface area (Å²) in [4.78, 5) is 11.6. The second kappa shape index (κ2) is 4.71. The molecule has 1 atom stereocenters. The topological polar surface area (TPSA) is 61.6 Å². The summed E-state index contributed by atoms with van der Waals surface area (Å²) in [7, 11) is 0. The Kier molecular flexibility index (Phi) is 3.28. The Morgan fingerprint density at radius 2 is 2.35 bits per heavy atom. The molecule has 1 aliphatic rings. The smallest absolute Gasteiger partial charge is 0.347 e. The Balaban J connectivity index is 2.22. The molecule has 2 rings (SSSR count). The minimum Gasteiger partial charge on any atom is -0.478 e. The van der Waals surface area contributed by atoms with E-state index < -0.39 is 6.10 Å². The number of ether oxygens (including phenoxy) is 2. The van der Waals surface area contributed by atoms with E-state index in [2.05, 4.69) is 0 Å². The van der Waals surface area contributed by atoms with Crippen molar-refractivity contribution in [3.05, 3.63) is 29.3 Å². The fourth-order valence-corrected chi connectivity index (χ4v) is 1.74. The van der Waals surface area contributed by atoms with Crippen LogP contribution in [0, 0.1) is 6.92 Å². The van der Waals surface area contributed by atoms with Gasteiger partial charge in [0.15, 0.2) is 6.10 Å². The minimum absolute atomic E-state index is 0.309. The van der Waals surface area contributed by atoms with Crippen molar-refractivity contribution in [3.8, 4) is 5.75 Å². The van der Waals surface area contributed by atoms with Crippen LogP contribution in [0.1, 0.15) is 17.5 Å². The van der Waals surface area contributed by atoms with E-state index in [-0.39, 0.29) is 5.97 Å². The molecule has 0 bridgehead atoms. The van der Waals surface area contributed by atoms with E-state index in [0.717, 1.165) is 11.1 Å². The van der Waals surface area contributed by atoms with Gasteiger partial charge in [-0.05, 0) is 18.6 Å². The summed E-state index contributed by atoms with van der Waals surface area (Å²) in [5, 5.41) is 0. The molecule has 90 valence electrons. The Labute approximate surface area is 105 Å². The number of hydrogen-bond donors (Lipinski definition) is 1. The monoisotopic (exact) mass is 251 g/mol. The van der Waals surface area contributed by atoms with Crippen molar-refractivity contribution in [2.24, 2.45) is 5.73 Å². The van der Waals surface area contributed by atoms with Crippen molar-refractivity contribution in [1.29, 1.82) is 0 Å². The molecule has 4 nitrogen and oxygen atoms in total. The molecule has 1 aromatic carbocycles. The van der Waals surface area contributed by atoms with Crippen LogP contribution in [0.3, 0.4) is 0 Å². The van der Waals surface area contributed by atoms with Gasteiger partial charge in [-0.2, -0.15) is 0 Å². The Morgan fingerprint density at radius 3 is 2.94 bits per heavy atom. The van der Waals surface area contributed by atoms with Crippen molar-refractivity contribution in [2.75, 3.05) is 6.61 Å². The first-order valence-electron chi connectivity index (χ1n) is 5.31. The zero-order valence-electron chi connectivity index (χ0n) is 9.43. The van der Waals surface area contributed by atoms with E-state index in [0.29, 0.717) is 23.8 Å². The van der Waals surface area contributed by atoms with E-state index in [1.165, 1.54) is 0 Å². The zero-order valence-corrected chi connectivity index (χ0v) is 10.3. The van der Waals surface area contributed by atoms with E-state index in [9.17, 15) is 4.79 Å². The van der Waals surface area contributed by atoms with Gasteiger partial charge in [0.2, 0.25) is 0 Å². The van der Waals surface area contributed by atoms with Crippen molar-refractivity contribution in [1.82, 2.24) is 0 Å². The van der Waals surface area contributed by atoms with Crippen LogP contribution < -0.4 is 10.5 Å². The van der Waals surface area contributed by atoms with Gasteiger partial charge >= 0.3 is 5.97 Å². The molecule has 0 radical (unpaired) electrons. The Morgan fingerprint density at radius 1 is 1.59 bits per heavy atom. The van der Waals surface area contributed by atoms with Crippen LogP contribution in [-0.2, 0) is 9.53 Å². The number of esters is 1. The van der Waals surface area contributed by atoms with Gasteiger partial charge in [-0.1, -0.05) is 24.4 Å². The quantitative estimate of drug-likeness (QED) is 0.648. The summed E-state index contributed by atoms with van der Waals surface area (Å²) in [6.07, 6.45) is 0.0607. The molecule has 1 fully saturated rings. The van der Waals surface area contributed by atoms with E-state index in [1.807, 2.05) is 19.1 Å². The highest BCUT2D eigenvalue weighted by Crippen LogP contribution is 2.23. The van der Waals surface area contributed by atoms with E-state index in [1.54, 1.807) is 6.07 Å². The van der Waals surface area contributed by atoms with Gasteiger partial charge in [-0.3, -0.25) is 0 Å². The van der Waals surface area contributed by atoms with Gasteiger partial charge in [0.1, 0.15) is 10.7 Å². The lowest BCUT2D eigenvalue weighted by molar-refractivity contribution is -0.143. The summed E-state index contributed by atoms with van der Waals surface area (Å²) in [6.45, 7) is 2.32. The first-order chi connectivity index (χ1) is 8.08. The minimum atomic E-state index is -0.518. The highest BCUT2D eigenvalue weighted by atomic mass is 32.1. The Hall–Kier alpha value is -1.62. The highest BCUT2D eigenvalue weighted by molar-refractivity contribution is 7.80. The fraction of sp³-hybridized carbons (Fsp3) is 0.333. The third-order valence-corrected chi connectivity index (χ3v) is 2.86. The number of carbonyl (C=O) groups excluding carboxylic acids is 1. The number of hydrogen-bond acceptors (Lipinski definition) is 4. The molecule has 0 aromatic heterocycles. The number of rotatable bonds is 3. The predicted octanol–water partition coefficient (Wildman–Crippen LogP) is 1.32. The lowest BCUT2D eigenvalue weighted by Crippen LogP contribution is -2.22. The van der Waals surface area contributed by atoms with Crippen molar-refractivity contribution in [2.45, 2.75) is 19.4 Å². The summed E-state index contributed by atoms with van der Waals surface area (Å²) in [6, 6.07) is 5.45. The SMILES string of the molecule is Cc1ccc(C(N)=S)cc1OC1CCOC1=O. The highest BCUT2D eigenvalue weighted by Gasteiger charge is 2.28. The maximum absolute atomic E-state index is 11.3. The summed E-state index contributed by atoms with van der Waals surface area (Å²) < 4.78 is 10.5. The zero-order chi connectivity index (χ0) is 12.4. The lowest BCUT2D eigenvalue weighted by atomic mass is 10.1. The molecule has 1 aromatic rings. The predicted molar refractivity (Wildman–Crippen MR) is 67.1 cm³/mol. The van der Waals surface area contributed by atoms with Crippen molar-refractivity contribution < 1.29 is 14.3 Å². The molecule has 1 saturated heterocycles.